The number of piperidine rings is 1. The number of rotatable bonds is 9. The lowest BCUT2D eigenvalue weighted by Gasteiger charge is -2.37. The monoisotopic (exact) mass is 572 g/mol. The number of amides is 1. The van der Waals surface area contributed by atoms with Crippen LogP contribution < -0.4 is 15.4 Å². The number of anilines is 1. The average molecular weight is 573 g/mol. The van der Waals surface area contributed by atoms with Crippen molar-refractivity contribution in [3.05, 3.63) is 40.2 Å². The van der Waals surface area contributed by atoms with E-state index in [2.05, 4.69) is 15.8 Å². The molecule has 3 heterocycles. The third kappa shape index (κ3) is 6.48. The molecule has 3 N–H and O–H groups in total. The first-order valence-corrected chi connectivity index (χ1v) is 13.7. The quantitative estimate of drug-likeness (QED) is 0.339. The highest BCUT2D eigenvalue weighted by Gasteiger charge is 2.30. The summed E-state index contributed by atoms with van der Waals surface area (Å²) in [6.07, 6.45) is 0.489. The molecule has 1 aliphatic rings. The molecule has 12 heteroatoms. The van der Waals surface area contributed by atoms with Crippen molar-refractivity contribution in [1.82, 2.24) is 25.3 Å². The van der Waals surface area contributed by atoms with Crippen LogP contribution in [0.5, 0.6) is 5.75 Å². The summed E-state index contributed by atoms with van der Waals surface area (Å²) in [6, 6.07) is 5.33. The molecule has 0 aliphatic carbocycles. The maximum atomic E-state index is 12.1. The first-order chi connectivity index (χ1) is 19.1. The molecule has 0 spiro atoms. The highest BCUT2D eigenvalue weighted by atomic mass is 35.5. The molecular formula is C28H37ClN6O5. The zero-order valence-electron chi connectivity index (χ0n) is 23.7. The highest BCUT2D eigenvalue weighted by Crippen LogP contribution is 2.36. The van der Waals surface area contributed by atoms with E-state index in [0.29, 0.717) is 52.5 Å². The summed E-state index contributed by atoms with van der Waals surface area (Å²) >= 11 is 6.65. The third-order valence-electron chi connectivity index (χ3n) is 7.10. The molecule has 11 nitrogen and oxygen atoms in total. The Morgan fingerprint density at radius 1 is 1.30 bits per heavy atom. The molecule has 1 amide bonds. The Morgan fingerprint density at radius 2 is 2.08 bits per heavy atom. The zero-order chi connectivity index (χ0) is 29.0. The Balaban J connectivity index is 1.71. The van der Waals surface area contributed by atoms with Crippen LogP contribution >= 0.6 is 11.6 Å². The summed E-state index contributed by atoms with van der Waals surface area (Å²) in [5.74, 6) is 2.26. The number of carbonyl (C=O) groups is 1. The van der Waals surface area contributed by atoms with Gasteiger partial charge in [0.1, 0.15) is 30.0 Å². The first-order valence-electron chi connectivity index (χ1n) is 13.3. The average Bonchev–Trinajstić information content (AvgIpc) is 3.26. The van der Waals surface area contributed by atoms with Gasteiger partial charge in [-0.1, -0.05) is 16.8 Å². The van der Waals surface area contributed by atoms with Crippen LogP contribution in [0, 0.1) is 20.8 Å². The normalized spacial score (nSPS) is 17.9. The van der Waals surface area contributed by atoms with Gasteiger partial charge in [0.15, 0.2) is 5.82 Å². The topological polar surface area (TPSA) is 135 Å². The number of aliphatic hydroxyl groups excluding tert-OH is 1. The number of ether oxygens (including phenoxy) is 2. The predicted molar refractivity (Wildman–Crippen MR) is 153 cm³/mol. The molecule has 1 aliphatic heterocycles. The summed E-state index contributed by atoms with van der Waals surface area (Å²) in [6.45, 7) is 8.81. The van der Waals surface area contributed by atoms with Crippen molar-refractivity contribution in [1.29, 1.82) is 0 Å². The minimum absolute atomic E-state index is 0.00359. The van der Waals surface area contributed by atoms with E-state index in [1.165, 1.54) is 7.11 Å². The van der Waals surface area contributed by atoms with E-state index in [0.717, 1.165) is 29.7 Å². The maximum absolute atomic E-state index is 12.1. The fourth-order valence-corrected chi connectivity index (χ4v) is 5.18. The van der Waals surface area contributed by atoms with Gasteiger partial charge in [0.2, 0.25) is 0 Å². The van der Waals surface area contributed by atoms with Gasteiger partial charge in [-0.2, -0.15) is 0 Å². The Kier molecular flexibility index (Phi) is 9.49. The van der Waals surface area contributed by atoms with Crippen molar-refractivity contribution in [2.24, 2.45) is 0 Å². The summed E-state index contributed by atoms with van der Waals surface area (Å²) in [7, 11) is 3.17. The van der Waals surface area contributed by atoms with Crippen LogP contribution in [-0.2, 0) is 4.74 Å². The van der Waals surface area contributed by atoms with Crippen molar-refractivity contribution in [3.63, 3.8) is 0 Å². The van der Waals surface area contributed by atoms with Crippen LogP contribution in [0.1, 0.15) is 36.8 Å². The predicted octanol–water partition coefficient (Wildman–Crippen LogP) is 4.37. The van der Waals surface area contributed by atoms with Crippen molar-refractivity contribution < 1.29 is 23.9 Å². The number of halogens is 1. The van der Waals surface area contributed by atoms with Crippen LogP contribution in [0.2, 0.25) is 5.02 Å². The molecule has 4 rings (SSSR count). The number of aromatic nitrogens is 3. The summed E-state index contributed by atoms with van der Waals surface area (Å²) < 4.78 is 16.2. The minimum atomic E-state index is -0.658. The number of nitrogens with one attached hydrogen (secondary N) is 2. The van der Waals surface area contributed by atoms with Crippen LogP contribution in [0.3, 0.4) is 0 Å². The van der Waals surface area contributed by atoms with E-state index in [9.17, 15) is 9.90 Å². The zero-order valence-corrected chi connectivity index (χ0v) is 24.5. The molecule has 2 aromatic heterocycles. The summed E-state index contributed by atoms with van der Waals surface area (Å²) in [5, 5.41) is 21.2. The molecule has 0 radical (unpaired) electrons. The summed E-state index contributed by atoms with van der Waals surface area (Å²) in [4.78, 5) is 23.7. The van der Waals surface area contributed by atoms with Gasteiger partial charge in [-0.25, -0.2) is 14.8 Å². The molecule has 216 valence electrons. The SMILES string of the molecule is CNC[C@@H](O)COc1ccc(Cl)c(-c2nc(N[C@H]3CCN(C(=O)OC)[C@@H](C)C3)c(C)c(-c3c(C)noc3C)n2)c1. The Hall–Kier alpha value is -3.41. The lowest BCUT2D eigenvalue weighted by atomic mass is 9.98. The van der Waals surface area contributed by atoms with E-state index in [1.807, 2.05) is 27.7 Å². The molecule has 0 saturated carbocycles. The van der Waals surface area contributed by atoms with Gasteiger partial charge in [0, 0.05) is 36.3 Å². The number of likely N-dealkylation sites (tertiary alicyclic amines) is 1. The van der Waals surface area contributed by atoms with Crippen molar-refractivity contribution in [2.75, 3.05) is 39.2 Å². The maximum Gasteiger partial charge on any atom is 0.409 e. The van der Waals surface area contributed by atoms with Gasteiger partial charge in [-0.3, -0.25) is 0 Å². The van der Waals surface area contributed by atoms with E-state index >= 15 is 0 Å². The number of methoxy groups -OCH3 is 1. The van der Waals surface area contributed by atoms with Gasteiger partial charge >= 0.3 is 6.09 Å². The van der Waals surface area contributed by atoms with Crippen molar-refractivity contribution in [3.8, 4) is 28.4 Å². The number of hydrogen-bond acceptors (Lipinski definition) is 10. The third-order valence-corrected chi connectivity index (χ3v) is 7.43. The van der Waals surface area contributed by atoms with E-state index in [-0.39, 0.29) is 24.8 Å². The first kappa shape index (κ1) is 29.6. The van der Waals surface area contributed by atoms with Gasteiger partial charge in [0.25, 0.3) is 0 Å². The van der Waals surface area contributed by atoms with E-state index in [4.69, 9.17) is 35.6 Å². The number of carbonyl (C=O) groups excluding carboxylic acids is 1. The molecule has 1 aromatic carbocycles. The second-order valence-electron chi connectivity index (χ2n) is 10.1. The molecule has 1 fully saturated rings. The van der Waals surface area contributed by atoms with Gasteiger partial charge in [-0.05, 0) is 65.8 Å². The van der Waals surface area contributed by atoms with Gasteiger partial charge < -0.3 is 34.6 Å². The largest absolute Gasteiger partial charge is 0.491 e. The molecule has 3 aromatic rings. The number of hydrogen-bond donors (Lipinski definition) is 3. The Morgan fingerprint density at radius 3 is 2.73 bits per heavy atom. The van der Waals surface area contributed by atoms with E-state index in [1.54, 1.807) is 30.1 Å². The van der Waals surface area contributed by atoms with E-state index < -0.39 is 6.10 Å². The fraction of sp³-hybridized carbons (Fsp3) is 0.500. The fourth-order valence-electron chi connectivity index (χ4n) is 4.98. The number of likely N-dealkylation sites (N-methyl/N-ethyl adjacent to an activating group) is 1. The van der Waals surface area contributed by atoms with Crippen LogP contribution in [0.4, 0.5) is 10.6 Å². The number of aryl methyl sites for hydroxylation is 2. The molecular weight excluding hydrogens is 536 g/mol. The lowest BCUT2D eigenvalue weighted by molar-refractivity contribution is 0.0920. The molecule has 0 unspecified atom stereocenters. The Bertz CT molecular complexity index is 1330. The van der Waals surface area contributed by atoms with Crippen LogP contribution in [-0.4, -0.2) is 83.3 Å². The number of nitrogens with zero attached hydrogens (tertiary/aromatic N) is 4. The Labute approximate surface area is 239 Å². The number of aliphatic hydroxyl groups is 1. The summed E-state index contributed by atoms with van der Waals surface area (Å²) in [5.41, 5.74) is 3.65. The van der Waals surface area contributed by atoms with Crippen molar-refractivity contribution in [2.45, 2.75) is 58.7 Å². The molecule has 1 saturated heterocycles. The minimum Gasteiger partial charge on any atom is -0.491 e. The van der Waals surface area contributed by atoms with Gasteiger partial charge in [0.05, 0.1) is 29.1 Å². The molecule has 0 bridgehead atoms. The molecule has 40 heavy (non-hydrogen) atoms. The second kappa shape index (κ2) is 12.8. The lowest BCUT2D eigenvalue weighted by Crippen LogP contribution is -2.48. The highest BCUT2D eigenvalue weighted by molar-refractivity contribution is 6.33. The number of benzene rings is 1. The molecule has 3 atom stereocenters. The van der Waals surface area contributed by atoms with Crippen LogP contribution in [0.15, 0.2) is 22.7 Å². The second-order valence-corrected chi connectivity index (χ2v) is 10.5. The van der Waals surface area contributed by atoms with Crippen LogP contribution in [0.25, 0.3) is 22.6 Å². The smallest absolute Gasteiger partial charge is 0.409 e. The standard InChI is InChI=1S/C28H37ClN6O5/c1-15-11-19(9-10-35(15)28(37)38-6)31-26-16(2)25(24-17(3)34-40-18(24)4)32-27(33-26)22-12-21(7-8-23(22)29)39-14-20(36)13-30-5/h7-8,12,15,19-20,30,36H,9-11,13-14H2,1-6H3,(H,31,32,33)/t15-,19-,20+/m0/s1. The van der Waals surface area contributed by atoms with Crippen molar-refractivity contribution >= 4 is 23.5 Å². The van der Waals surface area contributed by atoms with Gasteiger partial charge in [-0.15, -0.1) is 0 Å².